The van der Waals surface area contributed by atoms with E-state index in [1.807, 2.05) is 6.07 Å². The van der Waals surface area contributed by atoms with Crippen molar-refractivity contribution in [3.8, 4) is 5.75 Å². The molecule has 0 aromatic heterocycles. The van der Waals surface area contributed by atoms with Crippen LogP contribution < -0.4 is 0 Å². The number of phenolic OH excluding ortho intramolecular Hbond substituents is 1. The Balaban J connectivity index is 0.000000181. The zero-order valence-electron chi connectivity index (χ0n) is 8.85. The molecule has 2 rings (SSSR count). The SMILES string of the molecule is FC(F)(F)c1ccccc1.Oc1ccccc1. The molecule has 4 heteroatoms. The lowest BCUT2D eigenvalue weighted by Gasteiger charge is -2.03. The van der Waals surface area contributed by atoms with Gasteiger partial charge in [0.2, 0.25) is 0 Å². The molecule has 0 fully saturated rings. The highest BCUT2D eigenvalue weighted by Gasteiger charge is 2.29. The predicted molar refractivity (Wildman–Crippen MR) is 59.6 cm³/mol. The van der Waals surface area contributed by atoms with Crippen LogP contribution in [0.2, 0.25) is 0 Å². The molecule has 2 aromatic carbocycles. The summed E-state index contributed by atoms with van der Waals surface area (Å²) in [5.74, 6) is 0.322. The number of alkyl halides is 3. The van der Waals surface area contributed by atoms with Gasteiger partial charge in [-0.25, -0.2) is 0 Å². The molecule has 0 spiro atoms. The van der Waals surface area contributed by atoms with Gasteiger partial charge >= 0.3 is 6.18 Å². The maximum atomic E-state index is 11.8. The van der Waals surface area contributed by atoms with Gasteiger partial charge in [0.15, 0.2) is 0 Å². The van der Waals surface area contributed by atoms with Gasteiger partial charge in [-0.15, -0.1) is 0 Å². The number of halogens is 3. The molecule has 0 bridgehead atoms. The van der Waals surface area contributed by atoms with E-state index in [0.717, 1.165) is 12.1 Å². The standard InChI is InChI=1S/C7H5F3.C6H6O/c8-7(9,10)6-4-2-1-3-5-6;7-6-4-2-1-3-5-6/h1-5H;1-5,7H. The topological polar surface area (TPSA) is 20.2 Å². The Morgan fingerprint density at radius 2 is 1.12 bits per heavy atom. The van der Waals surface area contributed by atoms with E-state index in [1.165, 1.54) is 12.1 Å². The molecule has 0 saturated carbocycles. The van der Waals surface area contributed by atoms with Crippen molar-refractivity contribution in [1.29, 1.82) is 0 Å². The third kappa shape index (κ3) is 5.06. The van der Waals surface area contributed by atoms with Crippen LogP contribution in [-0.2, 0) is 6.18 Å². The van der Waals surface area contributed by atoms with Gasteiger partial charge in [0.1, 0.15) is 5.75 Å². The van der Waals surface area contributed by atoms with E-state index in [-0.39, 0.29) is 0 Å². The summed E-state index contributed by atoms with van der Waals surface area (Å²) in [5.41, 5.74) is -0.602. The van der Waals surface area contributed by atoms with Crippen molar-refractivity contribution in [2.75, 3.05) is 0 Å². The third-order valence-electron chi connectivity index (χ3n) is 1.86. The molecule has 17 heavy (non-hydrogen) atoms. The smallest absolute Gasteiger partial charge is 0.416 e. The van der Waals surface area contributed by atoms with Crippen LogP contribution in [-0.4, -0.2) is 5.11 Å². The second-order valence-corrected chi connectivity index (χ2v) is 3.20. The normalized spacial score (nSPS) is 10.3. The number of phenols is 1. The quantitative estimate of drug-likeness (QED) is 0.735. The van der Waals surface area contributed by atoms with E-state index in [0.29, 0.717) is 5.75 Å². The maximum absolute atomic E-state index is 11.8. The van der Waals surface area contributed by atoms with Gasteiger partial charge < -0.3 is 5.11 Å². The van der Waals surface area contributed by atoms with E-state index < -0.39 is 11.7 Å². The highest BCUT2D eigenvalue weighted by Crippen LogP contribution is 2.28. The number of aromatic hydroxyl groups is 1. The third-order valence-corrected chi connectivity index (χ3v) is 1.86. The Hall–Kier alpha value is -1.97. The minimum atomic E-state index is -4.21. The predicted octanol–water partition coefficient (Wildman–Crippen LogP) is 4.10. The average Bonchev–Trinajstić information content (AvgIpc) is 2.31. The molecule has 90 valence electrons. The zero-order chi connectivity index (χ0) is 12.7. The molecule has 1 N–H and O–H groups in total. The minimum Gasteiger partial charge on any atom is -0.508 e. The highest BCUT2D eigenvalue weighted by molar-refractivity contribution is 5.18. The lowest BCUT2D eigenvalue weighted by molar-refractivity contribution is -0.137. The monoisotopic (exact) mass is 240 g/mol. The molecule has 0 saturated heterocycles. The lowest BCUT2D eigenvalue weighted by atomic mass is 10.2. The van der Waals surface area contributed by atoms with Crippen molar-refractivity contribution in [2.45, 2.75) is 6.18 Å². The van der Waals surface area contributed by atoms with Crippen LogP contribution in [0.1, 0.15) is 5.56 Å². The lowest BCUT2D eigenvalue weighted by Crippen LogP contribution is -2.03. The molecule has 0 aliphatic rings. The molecule has 0 aliphatic heterocycles. The molecule has 1 nitrogen and oxygen atoms in total. The first kappa shape index (κ1) is 13.1. The molecule has 0 amide bonds. The van der Waals surface area contributed by atoms with Crippen molar-refractivity contribution < 1.29 is 18.3 Å². The van der Waals surface area contributed by atoms with Crippen LogP contribution in [0.4, 0.5) is 13.2 Å². The van der Waals surface area contributed by atoms with Crippen molar-refractivity contribution in [2.24, 2.45) is 0 Å². The summed E-state index contributed by atoms with van der Waals surface area (Å²) in [6.07, 6.45) is -4.21. The molecule has 0 heterocycles. The summed E-state index contributed by atoms with van der Waals surface area (Å²) < 4.78 is 35.4. The van der Waals surface area contributed by atoms with Gasteiger partial charge in [-0.2, -0.15) is 13.2 Å². The van der Waals surface area contributed by atoms with Crippen LogP contribution >= 0.6 is 0 Å². The van der Waals surface area contributed by atoms with E-state index in [4.69, 9.17) is 5.11 Å². The van der Waals surface area contributed by atoms with Crippen LogP contribution in [0, 0.1) is 0 Å². The number of benzene rings is 2. The number of hydrogen-bond donors (Lipinski definition) is 1. The van der Waals surface area contributed by atoms with Crippen LogP contribution in [0.3, 0.4) is 0 Å². The summed E-state index contributed by atoms with van der Waals surface area (Å²) in [7, 11) is 0. The fourth-order valence-electron chi connectivity index (χ4n) is 1.06. The summed E-state index contributed by atoms with van der Waals surface area (Å²) in [4.78, 5) is 0. The molecular weight excluding hydrogens is 229 g/mol. The first-order valence-corrected chi connectivity index (χ1v) is 4.86. The van der Waals surface area contributed by atoms with Crippen molar-refractivity contribution in [1.82, 2.24) is 0 Å². The fraction of sp³-hybridized carbons (Fsp3) is 0.0769. The Labute approximate surface area is 97.2 Å². The summed E-state index contributed by atoms with van der Waals surface area (Å²) >= 11 is 0. The molecule has 0 unspecified atom stereocenters. The van der Waals surface area contributed by atoms with Crippen LogP contribution in [0.25, 0.3) is 0 Å². The van der Waals surface area contributed by atoms with E-state index in [2.05, 4.69) is 0 Å². The Bertz CT molecular complexity index is 423. The van der Waals surface area contributed by atoms with Gasteiger partial charge in [-0.05, 0) is 12.1 Å². The van der Waals surface area contributed by atoms with Gasteiger partial charge in [0.05, 0.1) is 5.56 Å². The number of para-hydroxylation sites is 1. The fourth-order valence-corrected chi connectivity index (χ4v) is 1.06. The Morgan fingerprint density at radius 1 is 0.706 bits per heavy atom. The highest BCUT2D eigenvalue weighted by atomic mass is 19.4. The minimum absolute atomic E-state index is 0.322. The van der Waals surface area contributed by atoms with Crippen molar-refractivity contribution in [3.05, 3.63) is 66.2 Å². The number of rotatable bonds is 0. The Kier molecular flexibility index (Phi) is 4.57. The molecule has 0 radical (unpaired) electrons. The van der Waals surface area contributed by atoms with Gasteiger partial charge in [-0.1, -0.05) is 48.5 Å². The first-order valence-electron chi connectivity index (χ1n) is 4.86. The maximum Gasteiger partial charge on any atom is 0.416 e. The molecule has 0 aliphatic carbocycles. The van der Waals surface area contributed by atoms with E-state index in [1.54, 1.807) is 30.3 Å². The van der Waals surface area contributed by atoms with Gasteiger partial charge in [0, 0.05) is 0 Å². The van der Waals surface area contributed by atoms with E-state index >= 15 is 0 Å². The summed E-state index contributed by atoms with van der Waals surface area (Å²) in [6, 6.07) is 15.1. The second kappa shape index (κ2) is 5.94. The Morgan fingerprint density at radius 3 is 1.35 bits per heavy atom. The largest absolute Gasteiger partial charge is 0.508 e. The zero-order valence-corrected chi connectivity index (χ0v) is 8.85. The summed E-state index contributed by atoms with van der Waals surface area (Å²) in [5, 5.41) is 8.63. The number of hydrogen-bond acceptors (Lipinski definition) is 1. The summed E-state index contributed by atoms with van der Waals surface area (Å²) in [6.45, 7) is 0. The molecular formula is C13H11F3O. The molecule has 2 aromatic rings. The van der Waals surface area contributed by atoms with Crippen molar-refractivity contribution in [3.63, 3.8) is 0 Å². The van der Waals surface area contributed by atoms with Crippen LogP contribution in [0.15, 0.2) is 60.7 Å². The van der Waals surface area contributed by atoms with Crippen molar-refractivity contribution >= 4 is 0 Å². The molecule has 0 atom stereocenters. The first-order chi connectivity index (χ1) is 8.00. The van der Waals surface area contributed by atoms with E-state index in [9.17, 15) is 13.2 Å². The van der Waals surface area contributed by atoms with Gasteiger partial charge in [0.25, 0.3) is 0 Å². The second-order valence-electron chi connectivity index (χ2n) is 3.20. The van der Waals surface area contributed by atoms with Crippen LogP contribution in [0.5, 0.6) is 5.75 Å². The van der Waals surface area contributed by atoms with Gasteiger partial charge in [-0.3, -0.25) is 0 Å². The average molecular weight is 240 g/mol.